The fraction of sp³-hybridized carbons (Fsp3) is 0.333. The van der Waals surface area contributed by atoms with E-state index in [2.05, 4.69) is 9.72 Å². The molecule has 0 fully saturated rings. The zero-order valence-electron chi connectivity index (χ0n) is 7.13. The highest BCUT2D eigenvalue weighted by molar-refractivity contribution is 5.38. The van der Waals surface area contributed by atoms with Crippen LogP contribution in [0.4, 0.5) is 0 Å². The van der Waals surface area contributed by atoms with E-state index in [4.69, 9.17) is 0 Å². The maximum absolute atomic E-state index is 9.79. The quantitative estimate of drug-likeness (QED) is 0.675. The Morgan fingerprint density at radius 1 is 1.42 bits per heavy atom. The first kappa shape index (κ1) is 8.71. The summed E-state index contributed by atoms with van der Waals surface area (Å²) < 4.78 is 4.50. The van der Waals surface area contributed by atoms with Crippen LogP contribution in [0.2, 0.25) is 0 Å². The minimum absolute atomic E-state index is 0.272. The Balaban J connectivity index is 2.78. The third-order valence-electron chi connectivity index (χ3n) is 1.44. The number of aromatic nitrogens is 1. The predicted octanol–water partition coefficient (Wildman–Crippen LogP) is 1.28. The number of ether oxygens (including phenoxy) is 1. The van der Waals surface area contributed by atoms with Gasteiger partial charge in [0.2, 0.25) is 0 Å². The van der Waals surface area contributed by atoms with Gasteiger partial charge in [-0.25, -0.2) is 4.79 Å². The van der Waals surface area contributed by atoms with Crippen LogP contribution >= 0.6 is 0 Å². The van der Waals surface area contributed by atoms with Crippen LogP contribution in [0.25, 0.3) is 0 Å². The molecule has 63 valence electrons. The van der Waals surface area contributed by atoms with Crippen LogP contribution in [0.1, 0.15) is 17.0 Å². The Morgan fingerprint density at radius 2 is 2.00 bits per heavy atom. The Morgan fingerprint density at radius 3 is 2.50 bits per heavy atom. The molecule has 0 saturated carbocycles. The highest BCUT2D eigenvalue weighted by Gasteiger charge is 1.96. The van der Waals surface area contributed by atoms with Gasteiger partial charge < -0.3 is 4.74 Å². The van der Waals surface area contributed by atoms with Crippen LogP contribution in [0.15, 0.2) is 12.1 Å². The second kappa shape index (κ2) is 3.85. The van der Waals surface area contributed by atoms with Crippen molar-refractivity contribution in [2.24, 2.45) is 0 Å². The molecule has 0 aromatic carbocycles. The van der Waals surface area contributed by atoms with Crippen LogP contribution in [0, 0.1) is 13.8 Å². The van der Waals surface area contributed by atoms with Gasteiger partial charge in [0.25, 0.3) is 0 Å². The topological polar surface area (TPSA) is 39.2 Å². The summed E-state index contributed by atoms with van der Waals surface area (Å²) in [6.07, 6.45) is 0. The summed E-state index contributed by atoms with van der Waals surface area (Å²) in [5.74, 6) is 0. The van der Waals surface area contributed by atoms with Crippen molar-refractivity contribution in [3.63, 3.8) is 0 Å². The SMILES string of the molecule is Cc1cc(CO[C]=O)cc(C)n1. The summed E-state index contributed by atoms with van der Waals surface area (Å²) >= 11 is 0. The molecule has 0 aliphatic carbocycles. The molecule has 1 aromatic heterocycles. The minimum atomic E-state index is 0.272. The first-order chi connectivity index (χ1) is 5.72. The molecule has 0 bridgehead atoms. The third kappa shape index (κ3) is 2.34. The largest absolute Gasteiger partial charge is 0.452 e. The van der Waals surface area contributed by atoms with Crippen molar-refractivity contribution in [2.75, 3.05) is 0 Å². The van der Waals surface area contributed by atoms with E-state index in [9.17, 15) is 4.79 Å². The summed E-state index contributed by atoms with van der Waals surface area (Å²) in [4.78, 5) is 14.0. The fourth-order valence-electron chi connectivity index (χ4n) is 1.12. The number of nitrogens with zero attached hydrogens (tertiary/aromatic N) is 1. The summed E-state index contributed by atoms with van der Waals surface area (Å²) in [6, 6.07) is 3.76. The van der Waals surface area contributed by atoms with Crippen molar-refractivity contribution in [1.82, 2.24) is 4.98 Å². The summed E-state index contributed by atoms with van der Waals surface area (Å²) in [5.41, 5.74) is 2.81. The molecule has 0 N–H and O–H groups in total. The maximum Gasteiger partial charge on any atom is 0.417 e. The van der Waals surface area contributed by atoms with Gasteiger partial charge in [0.15, 0.2) is 0 Å². The second-order valence-electron chi connectivity index (χ2n) is 2.63. The first-order valence-electron chi connectivity index (χ1n) is 3.65. The molecule has 3 heteroatoms. The number of rotatable bonds is 3. The van der Waals surface area contributed by atoms with E-state index in [1.54, 1.807) is 0 Å². The molecule has 1 radical (unpaired) electrons. The monoisotopic (exact) mass is 164 g/mol. The van der Waals surface area contributed by atoms with Gasteiger partial charge in [-0.05, 0) is 31.5 Å². The number of hydrogen-bond acceptors (Lipinski definition) is 3. The average molecular weight is 164 g/mol. The number of pyridine rings is 1. The summed E-state index contributed by atoms with van der Waals surface area (Å²) in [6.45, 7) is 5.46. The van der Waals surface area contributed by atoms with Gasteiger partial charge in [-0.15, -0.1) is 0 Å². The Bertz CT molecular complexity index is 264. The molecule has 3 nitrogen and oxygen atoms in total. The van der Waals surface area contributed by atoms with Gasteiger partial charge >= 0.3 is 6.47 Å². The van der Waals surface area contributed by atoms with Crippen molar-refractivity contribution >= 4 is 6.47 Å². The van der Waals surface area contributed by atoms with Crippen LogP contribution in [0.3, 0.4) is 0 Å². The van der Waals surface area contributed by atoms with E-state index in [0.29, 0.717) is 0 Å². The molecule has 1 rings (SSSR count). The lowest BCUT2D eigenvalue weighted by Crippen LogP contribution is -1.94. The molecule has 12 heavy (non-hydrogen) atoms. The molecule has 0 amide bonds. The molecule has 0 unspecified atom stereocenters. The zero-order chi connectivity index (χ0) is 8.97. The molecule has 0 aliphatic rings. The molecule has 0 aliphatic heterocycles. The molecule has 1 heterocycles. The summed E-state index contributed by atoms with van der Waals surface area (Å²) in [5, 5.41) is 0. The van der Waals surface area contributed by atoms with Crippen LogP contribution in [-0.4, -0.2) is 11.5 Å². The Labute approximate surface area is 71.4 Å². The zero-order valence-corrected chi connectivity index (χ0v) is 7.13. The van der Waals surface area contributed by atoms with E-state index >= 15 is 0 Å². The molecular weight excluding hydrogens is 154 g/mol. The van der Waals surface area contributed by atoms with E-state index in [-0.39, 0.29) is 6.61 Å². The van der Waals surface area contributed by atoms with Crippen LogP contribution in [-0.2, 0) is 16.1 Å². The molecule has 0 atom stereocenters. The lowest BCUT2D eigenvalue weighted by molar-refractivity contribution is 0.267. The number of hydrogen-bond donors (Lipinski definition) is 0. The third-order valence-corrected chi connectivity index (χ3v) is 1.44. The highest BCUT2D eigenvalue weighted by Crippen LogP contribution is 2.05. The first-order valence-corrected chi connectivity index (χ1v) is 3.65. The van der Waals surface area contributed by atoms with Gasteiger partial charge in [0.05, 0.1) is 0 Å². The molecular formula is C9H10NO2. The summed E-state index contributed by atoms with van der Waals surface area (Å²) in [7, 11) is 0. The smallest absolute Gasteiger partial charge is 0.417 e. The van der Waals surface area contributed by atoms with Crippen molar-refractivity contribution in [3.8, 4) is 0 Å². The maximum atomic E-state index is 9.79. The molecule has 1 aromatic rings. The minimum Gasteiger partial charge on any atom is -0.452 e. The van der Waals surface area contributed by atoms with Crippen LogP contribution in [0.5, 0.6) is 0 Å². The second-order valence-corrected chi connectivity index (χ2v) is 2.63. The molecule has 0 spiro atoms. The van der Waals surface area contributed by atoms with E-state index < -0.39 is 0 Å². The molecule has 0 saturated heterocycles. The average Bonchev–Trinajstić information content (AvgIpc) is 1.99. The van der Waals surface area contributed by atoms with Crippen molar-refractivity contribution in [2.45, 2.75) is 20.5 Å². The lowest BCUT2D eigenvalue weighted by atomic mass is 10.2. The van der Waals surface area contributed by atoms with Gasteiger partial charge in [-0.3, -0.25) is 4.98 Å². The number of aryl methyl sites for hydroxylation is 2. The van der Waals surface area contributed by atoms with Gasteiger partial charge in [-0.1, -0.05) is 0 Å². The Hall–Kier alpha value is -1.38. The Kier molecular flexibility index (Phi) is 2.80. The number of carbonyl (C=O) groups excluding carboxylic acids is 1. The van der Waals surface area contributed by atoms with Crippen molar-refractivity contribution in [3.05, 3.63) is 29.1 Å². The van der Waals surface area contributed by atoms with E-state index in [0.717, 1.165) is 17.0 Å². The van der Waals surface area contributed by atoms with E-state index in [1.807, 2.05) is 26.0 Å². The standard InChI is InChI=1S/C9H10NO2/c1-7-3-9(5-12-6-11)4-8(2)10-7/h3-4H,5H2,1-2H3. The van der Waals surface area contributed by atoms with Gasteiger partial charge in [0.1, 0.15) is 6.61 Å². The highest BCUT2D eigenvalue weighted by atomic mass is 16.5. The van der Waals surface area contributed by atoms with Crippen molar-refractivity contribution < 1.29 is 9.53 Å². The lowest BCUT2D eigenvalue weighted by Gasteiger charge is -2.01. The van der Waals surface area contributed by atoms with Gasteiger partial charge in [0, 0.05) is 11.4 Å². The van der Waals surface area contributed by atoms with E-state index in [1.165, 1.54) is 6.47 Å². The fourth-order valence-corrected chi connectivity index (χ4v) is 1.12. The van der Waals surface area contributed by atoms with Gasteiger partial charge in [-0.2, -0.15) is 0 Å². The normalized spacial score (nSPS) is 9.50. The van der Waals surface area contributed by atoms with Crippen molar-refractivity contribution in [1.29, 1.82) is 0 Å². The van der Waals surface area contributed by atoms with Crippen LogP contribution < -0.4 is 0 Å². The predicted molar refractivity (Wildman–Crippen MR) is 44.2 cm³/mol.